The summed E-state index contributed by atoms with van der Waals surface area (Å²) in [5.41, 5.74) is 3.46. The van der Waals surface area contributed by atoms with Gasteiger partial charge >= 0.3 is 0 Å². The van der Waals surface area contributed by atoms with Gasteiger partial charge in [0.1, 0.15) is 17.7 Å². The lowest BCUT2D eigenvalue weighted by atomic mass is 9.88. The van der Waals surface area contributed by atoms with Crippen molar-refractivity contribution in [3.63, 3.8) is 0 Å². The second kappa shape index (κ2) is 7.36. The number of rotatable bonds is 4. The van der Waals surface area contributed by atoms with Crippen molar-refractivity contribution in [3.05, 3.63) is 51.6 Å². The van der Waals surface area contributed by atoms with E-state index in [1.54, 1.807) is 16.6 Å². The van der Waals surface area contributed by atoms with Gasteiger partial charge in [-0.25, -0.2) is 8.78 Å². The lowest BCUT2D eigenvalue weighted by Crippen LogP contribution is -2.47. The van der Waals surface area contributed by atoms with Gasteiger partial charge in [0.25, 0.3) is 5.91 Å². The third-order valence-electron chi connectivity index (χ3n) is 5.32. The molecule has 28 heavy (non-hydrogen) atoms. The number of H-pyrrole nitrogens is 1. The number of halogens is 2. The molecule has 1 aliphatic rings. The number of amides is 1. The molecule has 7 heteroatoms. The number of nitrogens with one attached hydrogen (secondary N) is 1. The number of thiazole rings is 1. The van der Waals surface area contributed by atoms with E-state index in [0.29, 0.717) is 17.5 Å². The smallest absolute Gasteiger partial charge is 0.299 e. The summed E-state index contributed by atoms with van der Waals surface area (Å²) < 4.78 is 28.4. The van der Waals surface area contributed by atoms with Crippen LogP contribution in [0.4, 0.5) is 8.78 Å². The summed E-state index contributed by atoms with van der Waals surface area (Å²) in [7, 11) is 0. The molecule has 1 N–H and O–H groups in total. The van der Waals surface area contributed by atoms with Gasteiger partial charge in [0, 0.05) is 29.4 Å². The lowest BCUT2D eigenvalue weighted by Gasteiger charge is -2.40. The molecule has 4 nitrogen and oxygen atoms in total. The molecule has 0 saturated heterocycles. The van der Waals surface area contributed by atoms with Crippen molar-refractivity contribution >= 4 is 28.1 Å². The van der Waals surface area contributed by atoms with Crippen molar-refractivity contribution < 1.29 is 13.6 Å². The van der Waals surface area contributed by atoms with Gasteiger partial charge in [-0.2, -0.15) is 0 Å². The number of hydrogen-bond acceptors (Lipinski definition) is 3. The first-order chi connectivity index (χ1) is 13.5. The fourth-order valence-corrected chi connectivity index (χ4v) is 4.84. The summed E-state index contributed by atoms with van der Waals surface area (Å²) >= 11 is 1.41. The third kappa shape index (κ3) is 2.98. The van der Waals surface area contributed by atoms with Gasteiger partial charge < -0.3 is 9.88 Å². The molecular formula is C21H19F2N3OS. The van der Waals surface area contributed by atoms with Crippen LogP contribution < -0.4 is 0 Å². The SMILES string of the molecule is C#CC(=O)N1[C@@H](CCCC)Cc2c([nH]c3c(F)cc(F)cc23)[C@@H]1c1cncs1. The minimum Gasteiger partial charge on any atom is -0.354 e. The quantitative estimate of drug-likeness (QED) is 0.654. The summed E-state index contributed by atoms with van der Waals surface area (Å²) in [4.78, 5) is 22.5. The summed E-state index contributed by atoms with van der Waals surface area (Å²) in [5.74, 6) is 0.571. The molecule has 1 aromatic carbocycles. The highest BCUT2D eigenvalue weighted by atomic mass is 32.1. The number of terminal acetylenes is 1. The number of benzene rings is 1. The minimum atomic E-state index is -0.646. The van der Waals surface area contributed by atoms with Gasteiger partial charge in [-0.05, 0) is 30.4 Å². The normalized spacial score (nSPS) is 18.9. The van der Waals surface area contributed by atoms with E-state index in [4.69, 9.17) is 6.42 Å². The van der Waals surface area contributed by atoms with Crippen LogP contribution >= 0.6 is 11.3 Å². The molecule has 0 unspecified atom stereocenters. The molecule has 0 bridgehead atoms. The molecule has 3 heterocycles. The van der Waals surface area contributed by atoms with E-state index >= 15 is 0 Å². The van der Waals surface area contributed by atoms with Crippen molar-refractivity contribution in [1.29, 1.82) is 0 Å². The zero-order valence-electron chi connectivity index (χ0n) is 15.3. The fourth-order valence-electron chi connectivity index (χ4n) is 4.11. The van der Waals surface area contributed by atoms with E-state index in [1.807, 2.05) is 0 Å². The van der Waals surface area contributed by atoms with Gasteiger partial charge in [-0.3, -0.25) is 9.78 Å². The number of aromatic amines is 1. The standard InChI is InChI=1S/C21H19F2N3OS/c1-3-5-6-13-9-15-14-7-12(22)8-16(23)19(14)25-20(15)21(17-10-24-11-28-17)26(13)18(27)4-2/h2,7-8,10-11,13,21,25H,3,5-6,9H2,1H3/t13-,21-/m0/s1. The summed E-state index contributed by atoms with van der Waals surface area (Å²) in [5, 5.41) is 0.524. The van der Waals surface area contributed by atoms with Crippen LogP contribution in [0.5, 0.6) is 0 Å². The number of carbonyl (C=O) groups is 1. The van der Waals surface area contributed by atoms with Crippen molar-refractivity contribution in [2.45, 2.75) is 44.7 Å². The van der Waals surface area contributed by atoms with Crippen LogP contribution in [0.3, 0.4) is 0 Å². The van der Waals surface area contributed by atoms with Crippen molar-refractivity contribution in [1.82, 2.24) is 14.9 Å². The van der Waals surface area contributed by atoms with E-state index in [0.717, 1.165) is 35.8 Å². The summed E-state index contributed by atoms with van der Waals surface area (Å²) in [6, 6.07) is 1.59. The highest BCUT2D eigenvalue weighted by Crippen LogP contribution is 2.43. The average molecular weight is 399 g/mol. The van der Waals surface area contributed by atoms with Crippen LogP contribution in [0, 0.1) is 24.0 Å². The second-order valence-corrected chi connectivity index (χ2v) is 7.91. The third-order valence-corrected chi connectivity index (χ3v) is 6.15. The maximum Gasteiger partial charge on any atom is 0.299 e. The molecule has 0 radical (unpaired) electrons. The zero-order chi connectivity index (χ0) is 19.8. The molecule has 2 aromatic heterocycles. The number of carbonyl (C=O) groups excluding carboxylic acids is 1. The molecule has 2 atom stereocenters. The summed E-state index contributed by atoms with van der Waals surface area (Å²) in [6.07, 6.45) is 10.3. The zero-order valence-corrected chi connectivity index (χ0v) is 16.2. The molecule has 0 fully saturated rings. The molecule has 0 saturated carbocycles. The van der Waals surface area contributed by atoms with E-state index in [9.17, 15) is 13.6 Å². The predicted molar refractivity (Wildman–Crippen MR) is 105 cm³/mol. The Bertz CT molecular complexity index is 1070. The molecule has 144 valence electrons. The molecule has 4 rings (SSSR count). The Morgan fingerprint density at radius 2 is 2.29 bits per heavy atom. The van der Waals surface area contributed by atoms with Crippen molar-refractivity contribution in [3.8, 4) is 12.3 Å². The van der Waals surface area contributed by atoms with Crippen LogP contribution in [-0.2, 0) is 11.2 Å². The molecule has 1 aliphatic heterocycles. The largest absolute Gasteiger partial charge is 0.354 e. The average Bonchev–Trinajstić information content (AvgIpc) is 3.33. The Morgan fingerprint density at radius 1 is 1.46 bits per heavy atom. The van der Waals surface area contributed by atoms with E-state index in [1.165, 1.54) is 17.4 Å². The number of nitrogens with zero attached hydrogens (tertiary/aromatic N) is 2. The first kappa shape index (κ1) is 18.6. The maximum absolute atomic E-state index is 14.4. The number of hydrogen-bond donors (Lipinski definition) is 1. The Kier molecular flexibility index (Phi) is 4.90. The number of unbranched alkanes of at least 4 members (excludes halogenated alkanes) is 1. The topological polar surface area (TPSA) is 49.0 Å². The number of aromatic nitrogens is 2. The van der Waals surface area contributed by atoms with E-state index in [-0.39, 0.29) is 11.6 Å². The van der Waals surface area contributed by atoms with Gasteiger partial charge in [0.05, 0.1) is 15.9 Å². The van der Waals surface area contributed by atoms with Crippen molar-refractivity contribution in [2.24, 2.45) is 0 Å². The summed E-state index contributed by atoms with van der Waals surface area (Å²) in [6.45, 7) is 2.08. The van der Waals surface area contributed by atoms with E-state index < -0.39 is 23.6 Å². The number of fused-ring (bicyclic) bond motifs is 3. The van der Waals surface area contributed by atoms with Crippen LogP contribution in [0.2, 0.25) is 0 Å². The molecular weight excluding hydrogens is 380 g/mol. The molecule has 0 aliphatic carbocycles. The van der Waals surface area contributed by atoms with Crippen molar-refractivity contribution in [2.75, 3.05) is 0 Å². The maximum atomic E-state index is 14.4. The van der Waals surface area contributed by atoms with Crippen LogP contribution in [0.25, 0.3) is 10.9 Å². The first-order valence-corrected chi connectivity index (χ1v) is 10.1. The monoisotopic (exact) mass is 399 g/mol. The molecule has 0 spiro atoms. The predicted octanol–water partition coefficient (Wildman–Crippen LogP) is 4.57. The molecule has 1 amide bonds. The fraction of sp³-hybridized carbons (Fsp3) is 0.333. The first-order valence-electron chi connectivity index (χ1n) is 9.21. The Labute approximate surface area is 165 Å². The van der Waals surface area contributed by atoms with E-state index in [2.05, 4.69) is 22.8 Å². The second-order valence-electron chi connectivity index (χ2n) is 6.99. The minimum absolute atomic E-state index is 0.145. The van der Waals surface area contributed by atoms with Crippen LogP contribution in [-0.4, -0.2) is 26.8 Å². The molecule has 3 aromatic rings. The Hall–Kier alpha value is -2.72. The Morgan fingerprint density at radius 3 is 2.96 bits per heavy atom. The van der Waals surface area contributed by atoms with Crippen LogP contribution in [0.15, 0.2) is 23.8 Å². The highest BCUT2D eigenvalue weighted by Gasteiger charge is 2.40. The van der Waals surface area contributed by atoms with Crippen LogP contribution in [0.1, 0.15) is 48.4 Å². The van der Waals surface area contributed by atoms with Gasteiger partial charge in [0.15, 0.2) is 0 Å². The van der Waals surface area contributed by atoms with Gasteiger partial charge in [-0.1, -0.05) is 19.8 Å². The van der Waals surface area contributed by atoms with Gasteiger partial charge in [-0.15, -0.1) is 17.8 Å². The highest BCUT2D eigenvalue weighted by molar-refractivity contribution is 7.09. The Balaban J connectivity index is 1.96. The van der Waals surface area contributed by atoms with Gasteiger partial charge in [0.2, 0.25) is 0 Å². The lowest BCUT2D eigenvalue weighted by molar-refractivity contribution is -0.130.